The van der Waals surface area contributed by atoms with Crippen molar-refractivity contribution in [1.82, 2.24) is 9.97 Å². The molecule has 1 aromatic rings. The zero-order valence-corrected chi connectivity index (χ0v) is 11.8. The molecule has 0 aliphatic carbocycles. The summed E-state index contributed by atoms with van der Waals surface area (Å²) in [5, 5.41) is 6.15. The fourth-order valence-corrected chi connectivity index (χ4v) is 2.12. The van der Waals surface area contributed by atoms with E-state index >= 15 is 0 Å². The largest absolute Gasteiger partial charge is 0.370 e. The van der Waals surface area contributed by atoms with Crippen LogP contribution in [0.25, 0.3) is 0 Å². The molecule has 0 amide bonds. The first-order valence-electron chi connectivity index (χ1n) is 5.92. The Hall–Kier alpha value is -1.37. The van der Waals surface area contributed by atoms with E-state index in [0.29, 0.717) is 24.7 Å². The van der Waals surface area contributed by atoms with Crippen LogP contribution < -0.4 is 10.6 Å². The van der Waals surface area contributed by atoms with Crippen LogP contribution in [0.2, 0.25) is 0 Å². The molecule has 2 N–H and O–H groups in total. The lowest BCUT2D eigenvalue weighted by Crippen LogP contribution is -2.12. The summed E-state index contributed by atoms with van der Waals surface area (Å²) in [6, 6.07) is 1.83. The predicted molar refractivity (Wildman–Crippen MR) is 73.8 cm³/mol. The van der Waals surface area contributed by atoms with Crippen LogP contribution in [0.4, 0.5) is 11.8 Å². The minimum Gasteiger partial charge on any atom is -0.370 e. The molecule has 0 radical (unpaired) electrons. The molecule has 1 rings (SSSR count). The number of aromatic nitrogens is 2. The molecule has 0 fully saturated rings. The minimum absolute atomic E-state index is 0.185. The molecule has 0 aliphatic heterocycles. The number of nitrogens with zero attached hydrogens (tertiary/aromatic N) is 2. The smallest absolute Gasteiger partial charge is 0.224 e. The Balaban J connectivity index is 2.51. The van der Waals surface area contributed by atoms with E-state index in [4.69, 9.17) is 0 Å². The van der Waals surface area contributed by atoms with Crippen LogP contribution >= 0.6 is 0 Å². The topological polar surface area (TPSA) is 84.0 Å². The fourth-order valence-electron chi connectivity index (χ4n) is 1.45. The van der Waals surface area contributed by atoms with Gasteiger partial charge in [-0.05, 0) is 20.3 Å². The minimum atomic E-state index is -2.89. The highest BCUT2D eigenvalue weighted by atomic mass is 32.2. The molecule has 6 nitrogen and oxygen atoms in total. The molecule has 102 valence electrons. The predicted octanol–water partition coefficient (Wildman–Crippen LogP) is 1.06. The van der Waals surface area contributed by atoms with Crippen molar-refractivity contribution in [1.29, 1.82) is 0 Å². The van der Waals surface area contributed by atoms with Gasteiger partial charge in [-0.15, -0.1) is 0 Å². The SMILES string of the molecule is CCNc1nc(C)cc(NCCCS(C)(=O)=O)n1. The number of hydrogen-bond acceptors (Lipinski definition) is 6. The molecule has 0 bridgehead atoms. The van der Waals surface area contributed by atoms with Crippen molar-refractivity contribution in [3.05, 3.63) is 11.8 Å². The Morgan fingerprint density at radius 1 is 1.28 bits per heavy atom. The zero-order chi connectivity index (χ0) is 13.6. The van der Waals surface area contributed by atoms with E-state index in [1.807, 2.05) is 19.9 Å². The van der Waals surface area contributed by atoms with Crippen molar-refractivity contribution in [3.63, 3.8) is 0 Å². The van der Waals surface area contributed by atoms with Crippen LogP contribution in [0.1, 0.15) is 19.0 Å². The van der Waals surface area contributed by atoms with Gasteiger partial charge in [0.05, 0.1) is 5.75 Å². The van der Waals surface area contributed by atoms with Gasteiger partial charge >= 0.3 is 0 Å². The summed E-state index contributed by atoms with van der Waals surface area (Å²) < 4.78 is 21.9. The Kier molecular flexibility index (Phi) is 5.33. The standard InChI is InChI=1S/C11H20N4O2S/c1-4-12-11-14-9(2)8-10(15-11)13-6-5-7-18(3,16)17/h8H,4-7H2,1-3H3,(H2,12,13,14,15). The molecule has 0 atom stereocenters. The molecular weight excluding hydrogens is 252 g/mol. The molecule has 0 aromatic carbocycles. The van der Waals surface area contributed by atoms with E-state index in [1.54, 1.807) is 0 Å². The summed E-state index contributed by atoms with van der Waals surface area (Å²) in [5.41, 5.74) is 0.867. The van der Waals surface area contributed by atoms with Crippen LogP contribution in [0.3, 0.4) is 0 Å². The normalized spacial score (nSPS) is 11.3. The van der Waals surface area contributed by atoms with E-state index in [2.05, 4.69) is 20.6 Å². The van der Waals surface area contributed by atoms with Gasteiger partial charge in [0.15, 0.2) is 0 Å². The number of aryl methyl sites for hydroxylation is 1. The Bertz CT molecular complexity index is 488. The summed E-state index contributed by atoms with van der Waals surface area (Å²) in [7, 11) is -2.89. The fraction of sp³-hybridized carbons (Fsp3) is 0.636. The monoisotopic (exact) mass is 272 g/mol. The average Bonchev–Trinajstić information content (AvgIpc) is 2.23. The summed E-state index contributed by atoms with van der Waals surface area (Å²) in [4.78, 5) is 8.51. The number of anilines is 2. The Labute approximate surface area is 108 Å². The quantitative estimate of drug-likeness (QED) is 0.722. The third-order valence-electron chi connectivity index (χ3n) is 2.19. The van der Waals surface area contributed by atoms with E-state index < -0.39 is 9.84 Å². The van der Waals surface area contributed by atoms with Crippen molar-refractivity contribution in [2.45, 2.75) is 20.3 Å². The van der Waals surface area contributed by atoms with Crippen molar-refractivity contribution < 1.29 is 8.42 Å². The van der Waals surface area contributed by atoms with Gasteiger partial charge in [0.25, 0.3) is 0 Å². The highest BCUT2D eigenvalue weighted by molar-refractivity contribution is 7.90. The Morgan fingerprint density at radius 2 is 2.00 bits per heavy atom. The number of nitrogens with one attached hydrogen (secondary N) is 2. The first kappa shape index (κ1) is 14.7. The van der Waals surface area contributed by atoms with Gasteiger partial charge in [-0.1, -0.05) is 0 Å². The molecule has 0 aliphatic rings. The highest BCUT2D eigenvalue weighted by Gasteiger charge is 2.03. The summed E-state index contributed by atoms with van der Waals surface area (Å²) in [5.74, 6) is 1.49. The van der Waals surface area contributed by atoms with E-state index in [0.717, 1.165) is 12.2 Å². The summed E-state index contributed by atoms with van der Waals surface area (Å²) in [6.45, 7) is 5.21. The van der Waals surface area contributed by atoms with Gasteiger partial charge < -0.3 is 10.6 Å². The first-order valence-corrected chi connectivity index (χ1v) is 7.98. The van der Waals surface area contributed by atoms with Gasteiger partial charge in [-0.25, -0.2) is 13.4 Å². The van der Waals surface area contributed by atoms with Crippen LogP contribution in [0, 0.1) is 6.92 Å². The van der Waals surface area contributed by atoms with E-state index in [9.17, 15) is 8.42 Å². The molecule has 0 saturated carbocycles. The molecule has 1 aromatic heterocycles. The third kappa shape index (κ3) is 5.81. The second-order valence-electron chi connectivity index (χ2n) is 4.16. The molecule has 0 spiro atoms. The van der Waals surface area contributed by atoms with Crippen LogP contribution in [-0.4, -0.2) is 43.5 Å². The van der Waals surface area contributed by atoms with Gasteiger partial charge in [0.1, 0.15) is 15.7 Å². The second kappa shape index (κ2) is 6.53. The Morgan fingerprint density at radius 3 is 2.61 bits per heavy atom. The molecule has 1 heterocycles. The lowest BCUT2D eigenvalue weighted by Gasteiger charge is -2.08. The summed E-state index contributed by atoms with van der Waals surface area (Å²) in [6.07, 6.45) is 1.81. The highest BCUT2D eigenvalue weighted by Crippen LogP contribution is 2.09. The van der Waals surface area contributed by atoms with Crippen molar-refractivity contribution >= 4 is 21.6 Å². The van der Waals surface area contributed by atoms with E-state index in [-0.39, 0.29) is 5.75 Å². The van der Waals surface area contributed by atoms with Crippen molar-refractivity contribution in [2.24, 2.45) is 0 Å². The van der Waals surface area contributed by atoms with Crippen LogP contribution in [0.5, 0.6) is 0 Å². The first-order chi connectivity index (χ1) is 8.40. The number of hydrogen-bond donors (Lipinski definition) is 2. The molecule has 7 heteroatoms. The number of rotatable bonds is 7. The van der Waals surface area contributed by atoms with Crippen molar-refractivity contribution in [2.75, 3.05) is 35.7 Å². The van der Waals surface area contributed by atoms with E-state index in [1.165, 1.54) is 6.26 Å². The van der Waals surface area contributed by atoms with Gasteiger partial charge in [-0.2, -0.15) is 4.98 Å². The third-order valence-corrected chi connectivity index (χ3v) is 3.22. The number of sulfone groups is 1. The molecule has 18 heavy (non-hydrogen) atoms. The van der Waals surface area contributed by atoms with Gasteiger partial charge in [-0.3, -0.25) is 0 Å². The lowest BCUT2D eigenvalue weighted by molar-refractivity contribution is 0.600. The lowest BCUT2D eigenvalue weighted by atomic mass is 10.4. The summed E-state index contributed by atoms with van der Waals surface area (Å²) >= 11 is 0. The van der Waals surface area contributed by atoms with Gasteiger partial charge in [0, 0.05) is 31.1 Å². The maximum Gasteiger partial charge on any atom is 0.224 e. The van der Waals surface area contributed by atoms with Crippen LogP contribution in [-0.2, 0) is 9.84 Å². The molecule has 0 unspecified atom stereocenters. The van der Waals surface area contributed by atoms with Crippen LogP contribution in [0.15, 0.2) is 6.07 Å². The maximum absolute atomic E-state index is 11.0. The maximum atomic E-state index is 11.0. The molecule has 0 saturated heterocycles. The zero-order valence-electron chi connectivity index (χ0n) is 11.0. The molecular formula is C11H20N4O2S. The van der Waals surface area contributed by atoms with Crippen molar-refractivity contribution in [3.8, 4) is 0 Å². The second-order valence-corrected chi connectivity index (χ2v) is 6.42. The average molecular weight is 272 g/mol. The van der Waals surface area contributed by atoms with Gasteiger partial charge in [0.2, 0.25) is 5.95 Å².